The van der Waals surface area contributed by atoms with E-state index < -0.39 is 0 Å². The van der Waals surface area contributed by atoms with Crippen molar-refractivity contribution in [1.29, 1.82) is 0 Å². The lowest BCUT2D eigenvalue weighted by molar-refractivity contribution is 0.207. The zero-order valence-electron chi connectivity index (χ0n) is 12.1. The fourth-order valence-electron chi connectivity index (χ4n) is 2.41. The molecule has 6 heteroatoms. The molecule has 1 N–H and O–H groups in total. The molecule has 0 aliphatic carbocycles. The first kappa shape index (κ1) is 19.0. The van der Waals surface area contributed by atoms with E-state index in [1.807, 2.05) is 13.1 Å². The SMILES string of the molecule is CNC1(C)CN(c2ccccc2)CCC1=NOC.Cl.Cl. The predicted molar refractivity (Wildman–Crippen MR) is 89.7 cm³/mol. The van der Waals surface area contributed by atoms with Gasteiger partial charge in [-0.25, -0.2) is 0 Å². The highest BCUT2D eigenvalue weighted by atomic mass is 35.5. The molecule has 1 aromatic carbocycles. The van der Waals surface area contributed by atoms with Crippen LogP contribution in [0, 0.1) is 0 Å². The minimum atomic E-state index is -0.135. The van der Waals surface area contributed by atoms with Gasteiger partial charge in [-0.15, -0.1) is 24.8 Å². The normalized spacial score (nSPS) is 23.8. The molecular weight excluding hydrogens is 297 g/mol. The van der Waals surface area contributed by atoms with Gasteiger partial charge in [0.15, 0.2) is 0 Å². The number of hydrogen-bond acceptors (Lipinski definition) is 4. The smallest absolute Gasteiger partial charge is 0.106 e. The second kappa shape index (κ2) is 8.35. The maximum Gasteiger partial charge on any atom is 0.106 e. The van der Waals surface area contributed by atoms with Crippen LogP contribution in [0.5, 0.6) is 0 Å². The zero-order valence-corrected chi connectivity index (χ0v) is 13.8. The molecule has 1 atom stereocenters. The second-order valence-electron chi connectivity index (χ2n) is 4.81. The Labute approximate surface area is 133 Å². The van der Waals surface area contributed by atoms with E-state index in [4.69, 9.17) is 4.84 Å². The molecule has 0 amide bonds. The number of oxime groups is 1. The van der Waals surface area contributed by atoms with E-state index in [1.54, 1.807) is 7.11 Å². The second-order valence-corrected chi connectivity index (χ2v) is 4.81. The molecule has 0 radical (unpaired) electrons. The topological polar surface area (TPSA) is 36.9 Å². The van der Waals surface area contributed by atoms with Crippen LogP contribution in [0.4, 0.5) is 5.69 Å². The summed E-state index contributed by atoms with van der Waals surface area (Å²) in [5.41, 5.74) is 2.21. The average molecular weight is 320 g/mol. The van der Waals surface area contributed by atoms with Crippen molar-refractivity contribution in [3.63, 3.8) is 0 Å². The number of rotatable bonds is 3. The van der Waals surface area contributed by atoms with Crippen LogP contribution in [0.25, 0.3) is 0 Å². The quantitative estimate of drug-likeness (QED) is 0.870. The summed E-state index contributed by atoms with van der Waals surface area (Å²) in [4.78, 5) is 7.33. The van der Waals surface area contributed by atoms with Gasteiger partial charge in [0, 0.05) is 25.2 Å². The molecule has 20 heavy (non-hydrogen) atoms. The van der Waals surface area contributed by atoms with Crippen molar-refractivity contribution in [3.05, 3.63) is 30.3 Å². The molecule has 0 saturated carbocycles. The summed E-state index contributed by atoms with van der Waals surface area (Å²) in [5, 5.41) is 7.53. The van der Waals surface area contributed by atoms with Crippen LogP contribution in [0.2, 0.25) is 0 Å². The van der Waals surface area contributed by atoms with Crippen molar-refractivity contribution in [3.8, 4) is 0 Å². The fraction of sp³-hybridized carbons (Fsp3) is 0.500. The lowest BCUT2D eigenvalue weighted by Gasteiger charge is -2.42. The summed E-state index contributed by atoms with van der Waals surface area (Å²) < 4.78 is 0. The van der Waals surface area contributed by atoms with Crippen LogP contribution in [-0.4, -0.2) is 38.5 Å². The van der Waals surface area contributed by atoms with Crippen molar-refractivity contribution in [1.82, 2.24) is 5.32 Å². The number of likely N-dealkylation sites (N-methyl/N-ethyl adjacent to an activating group) is 1. The van der Waals surface area contributed by atoms with Gasteiger partial charge in [-0.2, -0.15) is 0 Å². The number of anilines is 1. The number of benzene rings is 1. The van der Waals surface area contributed by atoms with Crippen molar-refractivity contribution in [2.24, 2.45) is 5.16 Å². The minimum absolute atomic E-state index is 0. The maximum atomic E-state index is 4.95. The number of piperidine rings is 1. The van der Waals surface area contributed by atoms with Crippen molar-refractivity contribution < 1.29 is 4.84 Å². The Morgan fingerprint density at radius 2 is 1.90 bits per heavy atom. The summed E-state index contributed by atoms with van der Waals surface area (Å²) >= 11 is 0. The molecule has 1 aromatic rings. The minimum Gasteiger partial charge on any atom is -0.399 e. The molecule has 1 aliphatic rings. The van der Waals surface area contributed by atoms with Crippen LogP contribution >= 0.6 is 24.8 Å². The molecule has 1 aliphatic heterocycles. The van der Waals surface area contributed by atoms with Crippen LogP contribution in [-0.2, 0) is 4.84 Å². The Morgan fingerprint density at radius 1 is 1.25 bits per heavy atom. The third-order valence-electron chi connectivity index (χ3n) is 3.64. The molecule has 114 valence electrons. The molecule has 1 fully saturated rings. The lowest BCUT2D eigenvalue weighted by Crippen LogP contribution is -2.60. The van der Waals surface area contributed by atoms with Gasteiger partial charge in [-0.3, -0.25) is 0 Å². The summed E-state index contributed by atoms with van der Waals surface area (Å²) in [5.74, 6) is 0. The Hall–Kier alpha value is -0.970. The van der Waals surface area contributed by atoms with Crippen molar-refractivity contribution in [2.75, 3.05) is 32.1 Å². The van der Waals surface area contributed by atoms with Crippen LogP contribution in [0.15, 0.2) is 35.5 Å². The van der Waals surface area contributed by atoms with Gasteiger partial charge in [-0.1, -0.05) is 23.4 Å². The largest absolute Gasteiger partial charge is 0.399 e. The molecule has 0 aromatic heterocycles. The van der Waals surface area contributed by atoms with Gasteiger partial charge in [0.1, 0.15) is 7.11 Å². The average Bonchev–Trinajstić information content (AvgIpc) is 2.42. The Bertz CT molecular complexity index is 428. The molecule has 1 unspecified atom stereocenters. The van der Waals surface area contributed by atoms with E-state index in [0.717, 1.165) is 25.2 Å². The Kier molecular flexibility index (Phi) is 7.94. The molecular formula is C14H23Cl2N3O. The molecule has 1 saturated heterocycles. The van der Waals surface area contributed by atoms with E-state index >= 15 is 0 Å². The monoisotopic (exact) mass is 319 g/mol. The third-order valence-corrected chi connectivity index (χ3v) is 3.64. The third kappa shape index (κ3) is 4.01. The molecule has 0 spiro atoms. The van der Waals surface area contributed by atoms with E-state index in [1.165, 1.54) is 5.69 Å². The van der Waals surface area contributed by atoms with Gasteiger partial charge in [0.2, 0.25) is 0 Å². The van der Waals surface area contributed by atoms with Crippen LogP contribution in [0.3, 0.4) is 0 Å². The number of halogens is 2. The van der Waals surface area contributed by atoms with E-state index in [2.05, 4.69) is 46.6 Å². The summed E-state index contributed by atoms with van der Waals surface area (Å²) in [6.07, 6.45) is 0.917. The number of nitrogens with zero attached hydrogens (tertiary/aromatic N) is 2. The first-order chi connectivity index (χ1) is 8.69. The molecule has 0 bridgehead atoms. The standard InChI is InChI=1S/C14H21N3O.2ClH/c1-14(15-2)11-17(10-9-13(14)16-18-3)12-7-5-4-6-8-12;;/h4-8,15H,9-11H2,1-3H3;2*1H. The molecule has 2 rings (SSSR count). The summed E-state index contributed by atoms with van der Waals surface area (Å²) in [6.45, 7) is 4.04. The van der Waals surface area contributed by atoms with Crippen molar-refractivity contribution >= 4 is 36.2 Å². The maximum absolute atomic E-state index is 4.95. The Balaban J connectivity index is 0.00000180. The number of hydrogen-bond donors (Lipinski definition) is 1. The highest BCUT2D eigenvalue weighted by molar-refractivity contribution is 5.95. The van der Waals surface area contributed by atoms with Crippen LogP contribution in [0.1, 0.15) is 13.3 Å². The van der Waals surface area contributed by atoms with Gasteiger partial charge >= 0.3 is 0 Å². The van der Waals surface area contributed by atoms with E-state index in [9.17, 15) is 0 Å². The molecule has 1 heterocycles. The first-order valence-electron chi connectivity index (χ1n) is 6.29. The van der Waals surface area contributed by atoms with Crippen molar-refractivity contribution in [2.45, 2.75) is 18.9 Å². The van der Waals surface area contributed by atoms with E-state index in [0.29, 0.717) is 0 Å². The predicted octanol–water partition coefficient (Wildman–Crippen LogP) is 2.72. The highest BCUT2D eigenvalue weighted by Crippen LogP contribution is 2.24. The Morgan fingerprint density at radius 3 is 2.45 bits per heavy atom. The van der Waals surface area contributed by atoms with Gasteiger partial charge in [0.25, 0.3) is 0 Å². The van der Waals surface area contributed by atoms with Gasteiger partial charge < -0.3 is 15.1 Å². The number of para-hydroxylation sites is 1. The fourth-order valence-corrected chi connectivity index (χ4v) is 2.41. The summed E-state index contributed by atoms with van der Waals surface area (Å²) in [6, 6.07) is 10.5. The highest BCUT2D eigenvalue weighted by Gasteiger charge is 2.36. The number of nitrogens with one attached hydrogen (secondary N) is 1. The van der Waals surface area contributed by atoms with E-state index in [-0.39, 0.29) is 30.4 Å². The summed E-state index contributed by atoms with van der Waals surface area (Å²) in [7, 11) is 3.58. The zero-order chi connectivity index (χ0) is 13.0. The molecule has 4 nitrogen and oxygen atoms in total. The lowest BCUT2D eigenvalue weighted by atomic mass is 9.88. The first-order valence-corrected chi connectivity index (χ1v) is 6.29. The van der Waals surface area contributed by atoms with Gasteiger partial charge in [0.05, 0.1) is 11.3 Å². The van der Waals surface area contributed by atoms with Crippen LogP contribution < -0.4 is 10.2 Å². The van der Waals surface area contributed by atoms with Gasteiger partial charge in [-0.05, 0) is 26.1 Å².